The average molecular weight is 393 g/mol. The van der Waals surface area contributed by atoms with E-state index >= 15 is 0 Å². The number of hydrogen-bond donors (Lipinski definition) is 1. The number of rotatable bonds is 3. The molecule has 0 aliphatic carbocycles. The summed E-state index contributed by atoms with van der Waals surface area (Å²) in [6, 6.07) is 8.37. The fraction of sp³-hybridized carbons (Fsp3) is 0.278. The Morgan fingerprint density at radius 1 is 1.04 bits per heavy atom. The van der Waals surface area contributed by atoms with Crippen LogP contribution in [0.25, 0.3) is 0 Å². The molecular weight excluding hydrogens is 375 g/mol. The van der Waals surface area contributed by atoms with Gasteiger partial charge in [0.1, 0.15) is 5.82 Å². The third kappa shape index (κ3) is 4.26. The summed E-state index contributed by atoms with van der Waals surface area (Å²) in [5, 5.41) is 3.52. The number of anilines is 2. The minimum absolute atomic E-state index is 0.0953. The molecule has 2 heterocycles. The van der Waals surface area contributed by atoms with Gasteiger partial charge in [0.2, 0.25) is 5.91 Å². The maximum absolute atomic E-state index is 12.3. The maximum atomic E-state index is 12.3. The lowest BCUT2D eigenvalue weighted by atomic mass is 10.2. The van der Waals surface area contributed by atoms with Gasteiger partial charge in [0.05, 0.1) is 21.9 Å². The molecule has 8 heteroatoms. The molecular formula is C18H18Cl2N4O2. The zero-order valence-corrected chi connectivity index (χ0v) is 15.7. The zero-order valence-electron chi connectivity index (χ0n) is 14.2. The van der Waals surface area contributed by atoms with Gasteiger partial charge in [-0.2, -0.15) is 0 Å². The summed E-state index contributed by atoms with van der Waals surface area (Å²) < 4.78 is 0. The van der Waals surface area contributed by atoms with Gasteiger partial charge in [-0.3, -0.25) is 9.59 Å². The minimum atomic E-state index is -0.284. The fourth-order valence-corrected chi connectivity index (χ4v) is 3.04. The van der Waals surface area contributed by atoms with Crippen molar-refractivity contribution in [2.45, 2.75) is 6.92 Å². The van der Waals surface area contributed by atoms with Crippen LogP contribution in [-0.4, -0.2) is 47.9 Å². The number of pyridine rings is 1. The monoisotopic (exact) mass is 392 g/mol. The Morgan fingerprint density at radius 2 is 1.77 bits per heavy atom. The Morgan fingerprint density at radius 3 is 2.35 bits per heavy atom. The molecule has 3 rings (SSSR count). The summed E-state index contributed by atoms with van der Waals surface area (Å²) in [6.45, 7) is 4.43. The van der Waals surface area contributed by atoms with E-state index in [1.165, 1.54) is 6.07 Å². The second-order valence-corrected chi connectivity index (χ2v) is 6.80. The summed E-state index contributed by atoms with van der Waals surface area (Å²) in [5.74, 6) is 0.631. The molecule has 1 aromatic carbocycles. The molecule has 1 saturated heterocycles. The van der Waals surface area contributed by atoms with Crippen molar-refractivity contribution in [2.75, 3.05) is 36.4 Å². The van der Waals surface area contributed by atoms with E-state index in [0.717, 1.165) is 18.9 Å². The lowest BCUT2D eigenvalue weighted by Crippen LogP contribution is -2.48. The molecule has 0 unspecified atom stereocenters. The number of amides is 2. The molecule has 1 N–H and O–H groups in total. The average Bonchev–Trinajstić information content (AvgIpc) is 2.64. The van der Waals surface area contributed by atoms with E-state index in [0.29, 0.717) is 34.4 Å². The molecule has 2 aromatic rings. The van der Waals surface area contributed by atoms with Crippen molar-refractivity contribution in [2.24, 2.45) is 0 Å². The largest absolute Gasteiger partial charge is 0.353 e. The van der Waals surface area contributed by atoms with Gasteiger partial charge in [0.15, 0.2) is 0 Å². The van der Waals surface area contributed by atoms with Crippen LogP contribution in [0.2, 0.25) is 10.0 Å². The van der Waals surface area contributed by atoms with Crippen molar-refractivity contribution in [1.82, 2.24) is 9.88 Å². The standard InChI is InChI=1S/C18H18Cl2N4O2/c1-12(25)23-6-8-24(9-7-23)17-5-3-14(11-21-17)22-18(26)13-2-4-15(19)16(20)10-13/h2-5,10-11H,6-9H2,1H3,(H,22,26). The smallest absolute Gasteiger partial charge is 0.255 e. The summed E-state index contributed by atoms with van der Waals surface area (Å²) in [7, 11) is 0. The molecule has 0 atom stereocenters. The molecule has 0 radical (unpaired) electrons. The predicted molar refractivity (Wildman–Crippen MR) is 103 cm³/mol. The van der Waals surface area contributed by atoms with E-state index in [1.807, 2.05) is 11.0 Å². The van der Waals surface area contributed by atoms with Crippen LogP contribution in [-0.2, 0) is 4.79 Å². The van der Waals surface area contributed by atoms with Crippen molar-refractivity contribution >= 4 is 46.5 Å². The highest BCUT2D eigenvalue weighted by molar-refractivity contribution is 6.42. The molecule has 0 bridgehead atoms. The molecule has 0 saturated carbocycles. The van der Waals surface area contributed by atoms with Crippen LogP contribution in [0.1, 0.15) is 17.3 Å². The number of halogens is 2. The normalized spacial score (nSPS) is 14.3. The van der Waals surface area contributed by atoms with Gasteiger partial charge in [-0.1, -0.05) is 23.2 Å². The van der Waals surface area contributed by atoms with E-state index in [4.69, 9.17) is 23.2 Å². The molecule has 1 aliphatic heterocycles. The third-order valence-electron chi connectivity index (χ3n) is 4.24. The third-order valence-corrected chi connectivity index (χ3v) is 4.98. The predicted octanol–water partition coefficient (Wildman–Crippen LogP) is 3.31. The van der Waals surface area contributed by atoms with E-state index in [-0.39, 0.29) is 11.8 Å². The number of hydrogen-bond acceptors (Lipinski definition) is 4. The molecule has 1 aromatic heterocycles. The summed E-state index contributed by atoms with van der Waals surface area (Å²) in [4.78, 5) is 32.0. The van der Waals surface area contributed by atoms with Gasteiger partial charge in [0.25, 0.3) is 5.91 Å². The van der Waals surface area contributed by atoms with Crippen LogP contribution in [0.4, 0.5) is 11.5 Å². The second-order valence-electron chi connectivity index (χ2n) is 5.98. The fourth-order valence-electron chi connectivity index (χ4n) is 2.74. The summed E-state index contributed by atoms with van der Waals surface area (Å²) in [5.41, 5.74) is 1.01. The number of carbonyl (C=O) groups excluding carboxylic acids is 2. The molecule has 0 spiro atoms. The molecule has 6 nitrogen and oxygen atoms in total. The van der Waals surface area contributed by atoms with Crippen molar-refractivity contribution < 1.29 is 9.59 Å². The lowest BCUT2D eigenvalue weighted by molar-refractivity contribution is -0.129. The number of nitrogens with one attached hydrogen (secondary N) is 1. The number of aromatic nitrogens is 1. The van der Waals surface area contributed by atoms with Crippen molar-refractivity contribution in [3.05, 3.63) is 52.1 Å². The van der Waals surface area contributed by atoms with Crippen LogP contribution < -0.4 is 10.2 Å². The first-order chi connectivity index (χ1) is 12.4. The van der Waals surface area contributed by atoms with E-state index in [2.05, 4.69) is 15.2 Å². The number of nitrogens with zero attached hydrogens (tertiary/aromatic N) is 3. The molecule has 1 fully saturated rings. The Hall–Kier alpha value is -2.31. The van der Waals surface area contributed by atoms with Gasteiger partial charge in [-0.15, -0.1) is 0 Å². The number of carbonyl (C=O) groups is 2. The van der Waals surface area contributed by atoms with Crippen LogP contribution in [0, 0.1) is 0 Å². The van der Waals surface area contributed by atoms with Gasteiger partial charge < -0.3 is 15.1 Å². The Kier molecular flexibility index (Phi) is 5.64. The summed E-state index contributed by atoms with van der Waals surface area (Å²) in [6.07, 6.45) is 1.61. The maximum Gasteiger partial charge on any atom is 0.255 e. The quantitative estimate of drug-likeness (QED) is 0.869. The van der Waals surface area contributed by atoms with E-state index in [1.54, 1.807) is 31.3 Å². The van der Waals surface area contributed by atoms with Crippen LogP contribution >= 0.6 is 23.2 Å². The van der Waals surface area contributed by atoms with Gasteiger partial charge >= 0.3 is 0 Å². The van der Waals surface area contributed by atoms with Crippen molar-refractivity contribution in [1.29, 1.82) is 0 Å². The van der Waals surface area contributed by atoms with Gasteiger partial charge in [-0.05, 0) is 30.3 Å². The van der Waals surface area contributed by atoms with E-state index in [9.17, 15) is 9.59 Å². The number of benzene rings is 1. The molecule has 2 amide bonds. The SMILES string of the molecule is CC(=O)N1CCN(c2ccc(NC(=O)c3ccc(Cl)c(Cl)c3)cn2)CC1. The lowest BCUT2D eigenvalue weighted by Gasteiger charge is -2.34. The Labute approximate surface area is 161 Å². The molecule has 136 valence electrons. The first kappa shape index (κ1) is 18.5. The van der Waals surface area contributed by atoms with Gasteiger partial charge in [-0.25, -0.2) is 4.98 Å². The molecule has 1 aliphatic rings. The van der Waals surface area contributed by atoms with Crippen LogP contribution in [0.3, 0.4) is 0 Å². The summed E-state index contributed by atoms with van der Waals surface area (Å²) >= 11 is 11.8. The number of piperazine rings is 1. The highest BCUT2D eigenvalue weighted by Crippen LogP contribution is 2.23. The highest BCUT2D eigenvalue weighted by Gasteiger charge is 2.19. The van der Waals surface area contributed by atoms with Crippen LogP contribution in [0.5, 0.6) is 0 Å². The minimum Gasteiger partial charge on any atom is -0.353 e. The van der Waals surface area contributed by atoms with Crippen molar-refractivity contribution in [3.63, 3.8) is 0 Å². The first-order valence-corrected chi connectivity index (χ1v) is 8.92. The highest BCUT2D eigenvalue weighted by atomic mass is 35.5. The topological polar surface area (TPSA) is 65.5 Å². The van der Waals surface area contributed by atoms with Gasteiger partial charge in [0, 0.05) is 38.7 Å². The second kappa shape index (κ2) is 7.93. The zero-order chi connectivity index (χ0) is 18.7. The Balaban J connectivity index is 1.62. The Bertz CT molecular complexity index is 818. The van der Waals surface area contributed by atoms with Crippen molar-refractivity contribution in [3.8, 4) is 0 Å². The van der Waals surface area contributed by atoms with Crippen LogP contribution in [0.15, 0.2) is 36.5 Å². The van der Waals surface area contributed by atoms with E-state index < -0.39 is 0 Å². The molecule has 26 heavy (non-hydrogen) atoms. The first-order valence-electron chi connectivity index (χ1n) is 8.17.